The molecule has 2 N–H and O–H groups in total. The molecular formula is C18H24N2. The largest absolute Gasteiger partial charge is 0.311 e. The predicted octanol–water partition coefficient (Wildman–Crippen LogP) is 3.52. The van der Waals surface area contributed by atoms with E-state index in [1.165, 1.54) is 22.3 Å². The lowest BCUT2D eigenvalue weighted by Gasteiger charge is -2.28. The van der Waals surface area contributed by atoms with E-state index in [-0.39, 0.29) is 12.1 Å². The molecule has 0 aliphatic rings. The van der Waals surface area contributed by atoms with Crippen LogP contribution in [0, 0.1) is 13.8 Å². The highest BCUT2D eigenvalue weighted by atomic mass is 15.0. The SMILES string of the molecule is CN[C@@H](c1cccc(C)c1)[C@@H](NC)c1cccc(C)c1. The maximum Gasteiger partial charge on any atom is 0.0515 e. The molecule has 0 aromatic heterocycles. The van der Waals surface area contributed by atoms with Gasteiger partial charge in [-0.25, -0.2) is 0 Å². The fourth-order valence-corrected chi connectivity index (χ4v) is 2.78. The predicted molar refractivity (Wildman–Crippen MR) is 86.0 cm³/mol. The van der Waals surface area contributed by atoms with Crippen molar-refractivity contribution < 1.29 is 0 Å². The number of hydrogen-bond acceptors (Lipinski definition) is 2. The van der Waals surface area contributed by atoms with Crippen molar-refractivity contribution in [1.29, 1.82) is 0 Å². The minimum Gasteiger partial charge on any atom is -0.311 e. The average molecular weight is 268 g/mol. The van der Waals surface area contributed by atoms with Crippen molar-refractivity contribution >= 4 is 0 Å². The molecule has 2 heteroatoms. The molecule has 0 bridgehead atoms. The van der Waals surface area contributed by atoms with Crippen LogP contribution in [-0.2, 0) is 0 Å². The summed E-state index contributed by atoms with van der Waals surface area (Å²) < 4.78 is 0. The van der Waals surface area contributed by atoms with Gasteiger partial charge in [-0.3, -0.25) is 0 Å². The normalized spacial score (nSPS) is 14.0. The van der Waals surface area contributed by atoms with Gasteiger partial charge in [0.25, 0.3) is 0 Å². The first-order chi connectivity index (χ1) is 9.65. The highest BCUT2D eigenvalue weighted by molar-refractivity contribution is 5.32. The van der Waals surface area contributed by atoms with Gasteiger partial charge in [0.05, 0.1) is 12.1 Å². The summed E-state index contributed by atoms with van der Waals surface area (Å²) in [6.45, 7) is 4.27. The number of benzene rings is 2. The van der Waals surface area contributed by atoms with Gasteiger partial charge >= 0.3 is 0 Å². The lowest BCUT2D eigenvalue weighted by molar-refractivity contribution is 0.432. The third-order valence-corrected chi connectivity index (χ3v) is 3.76. The summed E-state index contributed by atoms with van der Waals surface area (Å²) in [5, 5.41) is 6.90. The van der Waals surface area contributed by atoms with Crippen LogP contribution in [0.15, 0.2) is 48.5 Å². The molecule has 106 valence electrons. The Labute approximate surface area is 122 Å². The molecule has 0 amide bonds. The molecule has 0 saturated carbocycles. The Kier molecular flexibility index (Phi) is 4.94. The van der Waals surface area contributed by atoms with Crippen molar-refractivity contribution in [2.24, 2.45) is 0 Å². The lowest BCUT2D eigenvalue weighted by Crippen LogP contribution is -2.31. The molecule has 0 spiro atoms. The van der Waals surface area contributed by atoms with E-state index in [4.69, 9.17) is 0 Å². The molecule has 2 atom stereocenters. The number of nitrogens with one attached hydrogen (secondary N) is 2. The molecule has 0 unspecified atom stereocenters. The van der Waals surface area contributed by atoms with E-state index in [1.54, 1.807) is 0 Å². The van der Waals surface area contributed by atoms with Crippen LogP contribution in [0.25, 0.3) is 0 Å². The molecule has 2 aromatic rings. The molecule has 0 aliphatic heterocycles. The van der Waals surface area contributed by atoms with Gasteiger partial charge in [0, 0.05) is 0 Å². The Hall–Kier alpha value is -1.64. The lowest BCUT2D eigenvalue weighted by atomic mass is 9.92. The van der Waals surface area contributed by atoms with Crippen LogP contribution >= 0.6 is 0 Å². The highest BCUT2D eigenvalue weighted by Gasteiger charge is 2.22. The molecule has 0 heterocycles. The molecule has 0 aliphatic carbocycles. The summed E-state index contributed by atoms with van der Waals surface area (Å²) in [6, 6.07) is 17.9. The number of rotatable bonds is 5. The van der Waals surface area contributed by atoms with Gasteiger partial charge in [-0.05, 0) is 39.1 Å². The van der Waals surface area contributed by atoms with Gasteiger partial charge in [-0.1, -0.05) is 59.7 Å². The smallest absolute Gasteiger partial charge is 0.0515 e. The third-order valence-electron chi connectivity index (χ3n) is 3.76. The minimum absolute atomic E-state index is 0.252. The first-order valence-corrected chi connectivity index (χ1v) is 7.13. The van der Waals surface area contributed by atoms with Crippen LogP contribution in [-0.4, -0.2) is 14.1 Å². The Morgan fingerprint density at radius 1 is 0.700 bits per heavy atom. The van der Waals surface area contributed by atoms with Crippen molar-refractivity contribution in [1.82, 2.24) is 10.6 Å². The molecule has 0 radical (unpaired) electrons. The van der Waals surface area contributed by atoms with Crippen molar-refractivity contribution in [2.45, 2.75) is 25.9 Å². The van der Waals surface area contributed by atoms with E-state index in [9.17, 15) is 0 Å². The van der Waals surface area contributed by atoms with Crippen LogP contribution in [0.1, 0.15) is 34.3 Å². The van der Waals surface area contributed by atoms with Crippen LogP contribution in [0.4, 0.5) is 0 Å². The van der Waals surface area contributed by atoms with Crippen molar-refractivity contribution in [3.8, 4) is 0 Å². The summed E-state index contributed by atoms with van der Waals surface area (Å²) in [5.74, 6) is 0. The molecule has 0 saturated heterocycles. The van der Waals surface area contributed by atoms with Gasteiger partial charge in [0.1, 0.15) is 0 Å². The zero-order valence-corrected chi connectivity index (χ0v) is 12.8. The fourth-order valence-electron chi connectivity index (χ4n) is 2.78. The maximum atomic E-state index is 3.45. The van der Waals surface area contributed by atoms with Gasteiger partial charge in [0.2, 0.25) is 0 Å². The van der Waals surface area contributed by atoms with Gasteiger partial charge in [0.15, 0.2) is 0 Å². The monoisotopic (exact) mass is 268 g/mol. The summed E-state index contributed by atoms with van der Waals surface area (Å²) in [6.07, 6.45) is 0. The molecule has 2 nitrogen and oxygen atoms in total. The molecule has 0 fully saturated rings. The van der Waals surface area contributed by atoms with Crippen molar-refractivity contribution in [3.05, 3.63) is 70.8 Å². The summed E-state index contributed by atoms with van der Waals surface area (Å²) >= 11 is 0. The second kappa shape index (κ2) is 6.69. The Balaban J connectivity index is 2.37. The Morgan fingerprint density at radius 3 is 1.40 bits per heavy atom. The van der Waals surface area contributed by atoms with Crippen LogP contribution in [0.2, 0.25) is 0 Å². The van der Waals surface area contributed by atoms with Gasteiger partial charge in [-0.2, -0.15) is 0 Å². The first kappa shape index (κ1) is 14.8. The molecular weight excluding hydrogens is 244 g/mol. The quantitative estimate of drug-likeness (QED) is 0.867. The average Bonchev–Trinajstić information content (AvgIpc) is 2.44. The standard InChI is InChI=1S/C18H24N2/c1-13-7-5-9-15(11-13)17(19-3)18(20-4)16-10-6-8-14(2)12-16/h5-12,17-20H,1-4H3/t17-,18-/m0/s1. The van der Waals surface area contributed by atoms with E-state index in [2.05, 4.69) is 73.0 Å². The maximum absolute atomic E-state index is 3.45. The van der Waals surface area contributed by atoms with E-state index in [1.807, 2.05) is 14.1 Å². The zero-order chi connectivity index (χ0) is 14.5. The van der Waals surface area contributed by atoms with Gasteiger partial charge < -0.3 is 10.6 Å². The van der Waals surface area contributed by atoms with Crippen molar-refractivity contribution in [3.63, 3.8) is 0 Å². The summed E-state index contributed by atoms with van der Waals surface area (Å²) in [7, 11) is 4.04. The van der Waals surface area contributed by atoms with Crippen LogP contribution in [0.3, 0.4) is 0 Å². The number of aryl methyl sites for hydroxylation is 2. The molecule has 20 heavy (non-hydrogen) atoms. The molecule has 2 rings (SSSR count). The van der Waals surface area contributed by atoms with E-state index in [0.717, 1.165) is 0 Å². The van der Waals surface area contributed by atoms with Crippen LogP contribution in [0.5, 0.6) is 0 Å². The third kappa shape index (κ3) is 3.27. The second-order valence-electron chi connectivity index (χ2n) is 5.36. The van der Waals surface area contributed by atoms with E-state index >= 15 is 0 Å². The van der Waals surface area contributed by atoms with Crippen molar-refractivity contribution in [2.75, 3.05) is 14.1 Å². The summed E-state index contributed by atoms with van der Waals surface area (Å²) in [5.41, 5.74) is 5.21. The fraction of sp³-hybridized carbons (Fsp3) is 0.333. The van der Waals surface area contributed by atoms with Gasteiger partial charge in [-0.15, -0.1) is 0 Å². The summed E-state index contributed by atoms with van der Waals surface area (Å²) in [4.78, 5) is 0. The number of likely N-dealkylation sites (N-methyl/N-ethyl adjacent to an activating group) is 2. The second-order valence-corrected chi connectivity index (χ2v) is 5.36. The minimum atomic E-state index is 0.252. The Morgan fingerprint density at radius 2 is 1.10 bits per heavy atom. The molecule has 2 aromatic carbocycles. The van der Waals surface area contributed by atoms with Crippen LogP contribution < -0.4 is 10.6 Å². The first-order valence-electron chi connectivity index (χ1n) is 7.13. The topological polar surface area (TPSA) is 24.1 Å². The zero-order valence-electron chi connectivity index (χ0n) is 12.8. The van der Waals surface area contributed by atoms with E-state index in [0.29, 0.717) is 0 Å². The number of hydrogen-bond donors (Lipinski definition) is 2. The highest BCUT2D eigenvalue weighted by Crippen LogP contribution is 2.29. The van der Waals surface area contributed by atoms with E-state index < -0.39 is 0 Å². The Bertz CT molecular complexity index is 511.